The molecule has 0 unspecified atom stereocenters. The van der Waals surface area contributed by atoms with Gasteiger partial charge in [-0.15, -0.1) is 0 Å². The van der Waals surface area contributed by atoms with Gasteiger partial charge in [0.15, 0.2) is 0 Å². The highest BCUT2D eigenvalue weighted by molar-refractivity contribution is 5.61. The molecule has 0 amide bonds. The van der Waals surface area contributed by atoms with Gasteiger partial charge in [0.05, 0.1) is 11.9 Å². The van der Waals surface area contributed by atoms with Gasteiger partial charge in [-0.3, -0.25) is 10.1 Å². The van der Waals surface area contributed by atoms with Crippen molar-refractivity contribution in [2.45, 2.75) is 27.3 Å². The van der Waals surface area contributed by atoms with Crippen LogP contribution in [0.2, 0.25) is 0 Å². The number of hydrogen-bond donors (Lipinski definition) is 2. The van der Waals surface area contributed by atoms with E-state index in [1.54, 1.807) is 6.20 Å². The summed E-state index contributed by atoms with van der Waals surface area (Å²) in [5.41, 5.74) is 3.58. The summed E-state index contributed by atoms with van der Waals surface area (Å²) in [6.07, 6.45) is 5.50. The van der Waals surface area contributed by atoms with E-state index >= 15 is 0 Å². The molecule has 0 fully saturated rings. The summed E-state index contributed by atoms with van der Waals surface area (Å²) in [7, 11) is 0. The standard InChI is InChI=1S/C14H20N4/c1-14(2,3)10-16-8-12-9-17-18-13(12)11-5-4-6-15-7-11/h4-7,9,16H,8,10H2,1-3H3,(H,17,18). The van der Waals surface area contributed by atoms with Gasteiger partial charge in [0, 0.05) is 36.6 Å². The van der Waals surface area contributed by atoms with E-state index in [4.69, 9.17) is 0 Å². The zero-order chi connectivity index (χ0) is 13.0. The summed E-state index contributed by atoms with van der Waals surface area (Å²) < 4.78 is 0. The molecular formula is C14H20N4. The predicted molar refractivity (Wildman–Crippen MR) is 73.0 cm³/mol. The number of hydrogen-bond acceptors (Lipinski definition) is 3. The molecule has 96 valence electrons. The van der Waals surface area contributed by atoms with E-state index in [-0.39, 0.29) is 5.41 Å². The molecule has 0 saturated heterocycles. The molecule has 2 N–H and O–H groups in total. The number of rotatable bonds is 4. The van der Waals surface area contributed by atoms with Gasteiger partial charge in [0.2, 0.25) is 0 Å². The van der Waals surface area contributed by atoms with Crippen molar-refractivity contribution in [1.29, 1.82) is 0 Å². The van der Waals surface area contributed by atoms with Gasteiger partial charge >= 0.3 is 0 Å². The highest BCUT2D eigenvalue weighted by Crippen LogP contribution is 2.20. The summed E-state index contributed by atoms with van der Waals surface area (Å²) in [6, 6.07) is 3.97. The fourth-order valence-corrected chi connectivity index (χ4v) is 1.78. The second-order valence-electron chi connectivity index (χ2n) is 5.68. The van der Waals surface area contributed by atoms with Crippen molar-refractivity contribution in [1.82, 2.24) is 20.5 Å². The van der Waals surface area contributed by atoms with E-state index in [1.165, 1.54) is 5.56 Å². The Kier molecular flexibility index (Phi) is 3.77. The molecule has 4 nitrogen and oxygen atoms in total. The Balaban J connectivity index is 2.05. The smallest absolute Gasteiger partial charge is 0.0710 e. The fourth-order valence-electron chi connectivity index (χ4n) is 1.78. The Bertz CT molecular complexity index is 482. The second-order valence-corrected chi connectivity index (χ2v) is 5.68. The molecule has 2 rings (SSSR count). The summed E-state index contributed by atoms with van der Waals surface area (Å²) in [5, 5.41) is 10.6. The van der Waals surface area contributed by atoms with Crippen LogP contribution in [0.25, 0.3) is 11.3 Å². The second kappa shape index (κ2) is 5.31. The Morgan fingerprint density at radius 2 is 2.11 bits per heavy atom. The SMILES string of the molecule is CC(C)(C)CNCc1cn[nH]c1-c1cccnc1. The van der Waals surface area contributed by atoms with Gasteiger partial charge < -0.3 is 5.32 Å². The van der Waals surface area contributed by atoms with Crippen LogP contribution in [0.3, 0.4) is 0 Å². The van der Waals surface area contributed by atoms with E-state index in [0.29, 0.717) is 0 Å². The molecule has 0 atom stereocenters. The monoisotopic (exact) mass is 244 g/mol. The van der Waals surface area contributed by atoms with E-state index < -0.39 is 0 Å². The molecule has 0 aliphatic heterocycles. The zero-order valence-electron chi connectivity index (χ0n) is 11.2. The van der Waals surface area contributed by atoms with Gasteiger partial charge in [0.1, 0.15) is 0 Å². The molecule has 18 heavy (non-hydrogen) atoms. The van der Waals surface area contributed by atoms with Crippen LogP contribution in [0.4, 0.5) is 0 Å². The van der Waals surface area contributed by atoms with Crippen molar-refractivity contribution in [3.63, 3.8) is 0 Å². The first-order valence-electron chi connectivity index (χ1n) is 6.20. The Morgan fingerprint density at radius 3 is 2.78 bits per heavy atom. The van der Waals surface area contributed by atoms with Crippen LogP contribution in [-0.4, -0.2) is 21.7 Å². The lowest BCUT2D eigenvalue weighted by Gasteiger charge is -2.18. The Labute approximate surface area is 108 Å². The maximum absolute atomic E-state index is 4.13. The minimum atomic E-state index is 0.290. The summed E-state index contributed by atoms with van der Waals surface area (Å²) in [5.74, 6) is 0. The first-order valence-corrected chi connectivity index (χ1v) is 6.20. The van der Waals surface area contributed by atoms with Gasteiger partial charge in [-0.05, 0) is 17.5 Å². The van der Waals surface area contributed by atoms with Gasteiger partial charge in [-0.2, -0.15) is 5.10 Å². The fraction of sp³-hybridized carbons (Fsp3) is 0.429. The predicted octanol–water partition coefficient (Wildman–Crippen LogP) is 2.61. The van der Waals surface area contributed by atoms with E-state index in [1.807, 2.05) is 24.5 Å². The van der Waals surface area contributed by atoms with Crippen LogP contribution >= 0.6 is 0 Å². The lowest BCUT2D eigenvalue weighted by atomic mass is 9.97. The quantitative estimate of drug-likeness (QED) is 0.869. The van der Waals surface area contributed by atoms with Crippen molar-refractivity contribution in [3.8, 4) is 11.3 Å². The van der Waals surface area contributed by atoms with Crippen molar-refractivity contribution in [3.05, 3.63) is 36.3 Å². The number of H-pyrrole nitrogens is 1. The number of nitrogens with zero attached hydrogens (tertiary/aromatic N) is 2. The third kappa shape index (κ3) is 3.40. The highest BCUT2D eigenvalue weighted by atomic mass is 15.1. The molecule has 4 heteroatoms. The number of pyridine rings is 1. The first-order chi connectivity index (χ1) is 8.56. The first kappa shape index (κ1) is 12.8. The molecule has 0 radical (unpaired) electrons. The minimum absolute atomic E-state index is 0.290. The summed E-state index contributed by atoms with van der Waals surface area (Å²) in [4.78, 5) is 4.13. The molecule has 0 aliphatic carbocycles. The molecule has 0 aliphatic rings. The number of aromatic nitrogens is 3. The number of aromatic amines is 1. The molecule has 0 saturated carbocycles. The Hall–Kier alpha value is -1.68. The van der Waals surface area contributed by atoms with Gasteiger partial charge in [-0.1, -0.05) is 20.8 Å². The van der Waals surface area contributed by atoms with Crippen LogP contribution < -0.4 is 5.32 Å². The van der Waals surface area contributed by atoms with Gasteiger partial charge in [-0.25, -0.2) is 0 Å². The van der Waals surface area contributed by atoms with Crippen molar-refractivity contribution < 1.29 is 0 Å². The minimum Gasteiger partial charge on any atom is -0.312 e. The topological polar surface area (TPSA) is 53.6 Å². The van der Waals surface area contributed by atoms with Crippen LogP contribution in [0.15, 0.2) is 30.7 Å². The Morgan fingerprint density at radius 1 is 1.28 bits per heavy atom. The zero-order valence-corrected chi connectivity index (χ0v) is 11.2. The normalized spacial score (nSPS) is 11.7. The van der Waals surface area contributed by atoms with Crippen LogP contribution in [0.1, 0.15) is 26.3 Å². The van der Waals surface area contributed by atoms with Crippen LogP contribution in [0, 0.1) is 5.41 Å². The average molecular weight is 244 g/mol. The maximum atomic E-state index is 4.13. The summed E-state index contributed by atoms with van der Waals surface area (Å²) >= 11 is 0. The van der Waals surface area contributed by atoms with Crippen LogP contribution in [0.5, 0.6) is 0 Å². The molecule has 2 aromatic rings. The average Bonchev–Trinajstić information content (AvgIpc) is 2.77. The van der Waals surface area contributed by atoms with E-state index in [9.17, 15) is 0 Å². The van der Waals surface area contributed by atoms with E-state index in [2.05, 4.69) is 41.3 Å². The third-order valence-electron chi connectivity index (χ3n) is 2.64. The highest BCUT2D eigenvalue weighted by Gasteiger charge is 2.11. The lowest BCUT2D eigenvalue weighted by molar-refractivity contribution is 0.379. The van der Waals surface area contributed by atoms with Crippen LogP contribution in [-0.2, 0) is 6.54 Å². The summed E-state index contributed by atoms with van der Waals surface area (Å²) in [6.45, 7) is 8.45. The molecule has 2 aromatic heterocycles. The van der Waals surface area contributed by atoms with Crippen molar-refractivity contribution in [2.24, 2.45) is 5.41 Å². The van der Waals surface area contributed by atoms with E-state index in [0.717, 1.165) is 24.3 Å². The molecule has 0 spiro atoms. The molecule has 0 bridgehead atoms. The molecule has 0 aromatic carbocycles. The maximum Gasteiger partial charge on any atom is 0.0710 e. The van der Waals surface area contributed by atoms with Crippen molar-refractivity contribution >= 4 is 0 Å². The van der Waals surface area contributed by atoms with Gasteiger partial charge in [0.25, 0.3) is 0 Å². The molecular weight excluding hydrogens is 224 g/mol. The molecule has 2 heterocycles. The number of nitrogens with one attached hydrogen (secondary N) is 2. The lowest BCUT2D eigenvalue weighted by Crippen LogP contribution is -2.26. The third-order valence-corrected chi connectivity index (χ3v) is 2.64. The largest absolute Gasteiger partial charge is 0.312 e. The van der Waals surface area contributed by atoms with Crippen molar-refractivity contribution in [2.75, 3.05) is 6.54 Å².